The fraction of sp³-hybridized carbons (Fsp3) is 0.143. The zero-order chi connectivity index (χ0) is 12.7. The molecule has 0 aliphatic rings. The van der Waals surface area contributed by atoms with Gasteiger partial charge >= 0.3 is 0 Å². The van der Waals surface area contributed by atoms with Gasteiger partial charge in [-0.1, -0.05) is 12.1 Å². The van der Waals surface area contributed by atoms with E-state index in [0.717, 1.165) is 22.6 Å². The largest absolute Gasteiger partial charge is 0.288 e. The van der Waals surface area contributed by atoms with Gasteiger partial charge in [0.05, 0.1) is 5.69 Å². The fourth-order valence-corrected chi connectivity index (χ4v) is 2.06. The van der Waals surface area contributed by atoms with Crippen molar-refractivity contribution in [3.8, 4) is 11.3 Å². The van der Waals surface area contributed by atoms with Crippen LogP contribution in [0, 0.1) is 19.7 Å². The van der Waals surface area contributed by atoms with Crippen molar-refractivity contribution in [2.45, 2.75) is 13.8 Å². The van der Waals surface area contributed by atoms with Gasteiger partial charge in [0, 0.05) is 23.1 Å². The Balaban J connectivity index is 2.22. The highest BCUT2D eigenvalue weighted by Gasteiger charge is 2.08. The molecule has 4 heteroatoms. The van der Waals surface area contributed by atoms with Crippen LogP contribution < -0.4 is 0 Å². The Morgan fingerprint density at radius 3 is 2.72 bits per heavy atom. The number of rotatable bonds is 1. The first kappa shape index (κ1) is 10.9. The third kappa shape index (κ3) is 1.76. The van der Waals surface area contributed by atoms with E-state index >= 15 is 0 Å². The Hall–Kier alpha value is -2.23. The smallest absolute Gasteiger partial charge is 0.234 e. The van der Waals surface area contributed by atoms with Gasteiger partial charge in [0.2, 0.25) is 5.78 Å². The van der Waals surface area contributed by atoms with Crippen LogP contribution in [-0.4, -0.2) is 14.4 Å². The summed E-state index contributed by atoms with van der Waals surface area (Å²) >= 11 is 0. The molecule has 3 nitrogen and oxygen atoms in total. The Bertz CT molecular complexity index is 731. The molecule has 3 aromatic rings. The third-order valence-electron chi connectivity index (χ3n) is 2.88. The summed E-state index contributed by atoms with van der Waals surface area (Å²) in [5.74, 6) is 0.386. The third-order valence-corrected chi connectivity index (χ3v) is 2.88. The molecule has 0 saturated heterocycles. The molecule has 0 spiro atoms. The number of hydrogen-bond donors (Lipinski definition) is 0. The van der Waals surface area contributed by atoms with Crippen LogP contribution in [0.25, 0.3) is 17.0 Å². The minimum atomic E-state index is -0.259. The summed E-state index contributed by atoms with van der Waals surface area (Å²) in [6.45, 7) is 3.93. The average Bonchev–Trinajstić information content (AvgIpc) is 2.73. The Morgan fingerprint density at radius 1 is 1.11 bits per heavy atom. The minimum absolute atomic E-state index is 0.259. The standard InChI is InChI=1S/C14H12FN3/c1-9-6-10(2)18-8-13(17-14(18)16-9)11-4-3-5-12(15)7-11/h3-8H,1-2H3. The van der Waals surface area contributed by atoms with E-state index in [4.69, 9.17) is 0 Å². The van der Waals surface area contributed by atoms with Crippen molar-refractivity contribution in [2.75, 3.05) is 0 Å². The van der Waals surface area contributed by atoms with Gasteiger partial charge in [-0.15, -0.1) is 0 Å². The van der Waals surface area contributed by atoms with Crippen molar-refractivity contribution in [2.24, 2.45) is 0 Å². The van der Waals surface area contributed by atoms with Crippen LogP contribution in [0.5, 0.6) is 0 Å². The van der Waals surface area contributed by atoms with Crippen LogP contribution in [-0.2, 0) is 0 Å². The fourth-order valence-electron chi connectivity index (χ4n) is 2.06. The van der Waals surface area contributed by atoms with Gasteiger partial charge in [0.25, 0.3) is 0 Å². The maximum Gasteiger partial charge on any atom is 0.234 e. The summed E-state index contributed by atoms with van der Waals surface area (Å²) in [6.07, 6.45) is 1.88. The zero-order valence-corrected chi connectivity index (χ0v) is 10.2. The molecule has 0 amide bonds. The quantitative estimate of drug-likeness (QED) is 0.655. The molecule has 3 rings (SSSR count). The molecule has 0 aliphatic heterocycles. The van der Waals surface area contributed by atoms with Gasteiger partial charge in [-0.05, 0) is 32.0 Å². The molecular weight excluding hydrogens is 229 g/mol. The molecule has 0 atom stereocenters. The van der Waals surface area contributed by atoms with E-state index < -0.39 is 0 Å². The minimum Gasteiger partial charge on any atom is -0.288 e. The van der Waals surface area contributed by atoms with Crippen LogP contribution in [0.2, 0.25) is 0 Å². The number of aryl methyl sites for hydroxylation is 2. The molecule has 90 valence electrons. The lowest BCUT2D eigenvalue weighted by atomic mass is 10.2. The second-order valence-corrected chi connectivity index (χ2v) is 4.35. The summed E-state index contributed by atoms with van der Waals surface area (Å²) in [4.78, 5) is 8.79. The van der Waals surface area contributed by atoms with Crippen LogP contribution in [0.15, 0.2) is 36.5 Å². The molecule has 0 bridgehead atoms. The van der Waals surface area contributed by atoms with Crippen LogP contribution in [0.4, 0.5) is 4.39 Å². The number of imidazole rings is 1. The van der Waals surface area contributed by atoms with Crippen molar-refractivity contribution in [1.82, 2.24) is 14.4 Å². The number of hydrogen-bond acceptors (Lipinski definition) is 2. The Labute approximate surface area is 104 Å². The van der Waals surface area contributed by atoms with E-state index in [1.807, 2.05) is 36.6 Å². The molecule has 0 aliphatic carbocycles. The first-order chi connectivity index (χ1) is 8.63. The first-order valence-electron chi connectivity index (χ1n) is 5.73. The summed E-state index contributed by atoms with van der Waals surface area (Å²) in [6, 6.07) is 8.41. The maximum absolute atomic E-state index is 13.2. The second kappa shape index (κ2) is 3.91. The number of nitrogens with zero attached hydrogens (tertiary/aromatic N) is 3. The molecule has 0 fully saturated rings. The summed E-state index contributed by atoms with van der Waals surface area (Å²) in [5, 5.41) is 0. The molecule has 0 radical (unpaired) electrons. The Kier molecular flexibility index (Phi) is 2.37. The van der Waals surface area contributed by atoms with Crippen molar-refractivity contribution in [3.63, 3.8) is 0 Å². The van der Waals surface area contributed by atoms with Gasteiger partial charge < -0.3 is 0 Å². The highest BCUT2D eigenvalue weighted by Crippen LogP contribution is 2.20. The normalized spacial score (nSPS) is 11.1. The number of aromatic nitrogens is 3. The van der Waals surface area contributed by atoms with E-state index in [1.54, 1.807) is 6.07 Å². The summed E-state index contributed by atoms with van der Waals surface area (Å²) < 4.78 is 15.1. The second-order valence-electron chi connectivity index (χ2n) is 4.35. The van der Waals surface area contributed by atoms with E-state index in [-0.39, 0.29) is 5.82 Å². The molecule has 0 N–H and O–H groups in total. The molecule has 2 heterocycles. The van der Waals surface area contributed by atoms with Crippen molar-refractivity contribution >= 4 is 5.78 Å². The van der Waals surface area contributed by atoms with Gasteiger partial charge in [-0.2, -0.15) is 0 Å². The zero-order valence-electron chi connectivity index (χ0n) is 10.2. The maximum atomic E-state index is 13.2. The first-order valence-corrected chi connectivity index (χ1v) is 5.73. The molecule has 1 aromatic carbocycles. The van der Waals surface area contributed by atoms with E-state index in [2.05, 4.69) is 9.97 Å². The SMILES string of the molecule is Cc1cc(C)n2cc(-c3cccc(F)c3)nc2n1. The van der Waals surface area contributed by atoms with Crippen molar-refractivity contribution in [1.29, 1.82) is 0 Å². The highest BCUT2D eigenvalue weighted by molar-refractivity contribution is 5.61. The topological polar surface area (TPSA) is 30.2 Å². The number of fused-ring (bicyclic) bond motifs is 1. The predicted octanol–water partition coefficient (Wildman–Crippen LogP) is 3.15. The van der Waals surface area contributed by atoms with Gasteiger partial charge in [-0.25, -0.2) is 14.4 Å². The summed E-state index contributed by atoms with van der Waals surface area (Å²) in [5.41, 5.74) is 3.48. The van der Waals surface area contributed by atoms with Crippen molar-refractivity contribution < 1.29 is 4.39 Å². The molecule has 0 unspecified atom stereocenters. The summed E-state index contributed by atoms with van der Waals surface area (Å²) in [7, 11) is 0. The van der Waals surface area contributed by atoms with Gasteiger partial charge in [0.15, 0.2) is 0 Å². The highest BCUT2D eigenvalue weighted by atomic mass is 19.1. The van der Waals surface area contributed by atoms with E-state index in [9.17, 15) is 4.39 Å². The van der Waals surface area contributed by atoms with Gasteiger partial charge in [-0.3, -0.25) is 4.40 Å². The predicted molar refractivity (Wildman–Crippen MR) is 67.9 cm³/mol. The van der Waals surface area contributed by atoms with Gasteiger partial charge in [0.1, 0.15) is 5.82 Å². The Morgan fingerprint density at radius 2 is 1.94 bits per heavy atom. The monoisotopic (exact) mass is 241 g/mol. The lowest BCUT2D eigenvalue weighted by molar-refractivity contribution is 0.628. The molecule has 2 aromatic heterocycles. The average molecular weight is 241 g/mol. The van der Waals surface area contributed by atoms with E-state index in [1.165, 1.54) is 12.1 Å². The molecular formula is C14H12FN3. The molecule has 18 heavy (non-hydrogen) atoms. The van der Waals surface area contributed by atoms with E-state index in [0.29, 0.717) is 5.78 Å². The lowest BCUT2D eigenvalue weighted by Crippen LogP contribution is -1.94. The van der Waals surface area contributed by atoms with Crippen LogP contribution in [0.3, 0.4) is 0 Å². The van der Waals surface area contributed by atoms with Crippen LogP contribution in [0.1, 0.15) is 11.4 Å². The van der Waals surface area contributed by atoms with Crippen LogP contribution >= 0.6 is 0 Å². The van der Waals surface area contributed by atoms with Crippen molar-refractivity contribution in [3.05, 3.63) is 53.7 Å². The number of benzene rings is 1. The molecule has 0 saturated carbocycles. The number of halogens is 1. The lowest BCUT2D eigenvalue weighted by Gasteiger charge is -1.98.